The summed E-state index contributed by atoms with van der Waals surface area (Å²) in [5, 5.41) is 12.5. The lowest BCUT2D eigenvalue weighted by Gasteiger charge is -2.37. The van der Waals surface area contributed by atoms with E-state index in [2.05, 4.69) is 18.0 Å². The van der Waals surface area contributed by atoms with Gasteiger partial charge in [-0.3, -0.25) is 9.69 Å². The molecule has 1 aliphatic rings. The van der Waals surface area contributed by atoms with E-state index in [0.29, 0.717) is 39.3 Å². The van der Waals surface area contributed by atoms with Crippen LogP contribution in [-0.4, -0.2) is 73.4 Å². The largest absolute Gasteiger partial charge is 0.491 e. The number of aliphatic hydroxyl groups is 1. The van der Waals surface area contributed by atoms with Gasteiger partial charge in [-0.05, 0) is 60.9 Å². The minimum Gasteiger partial charge on any atom is -0.491 e. The van der Waals surface area contributed by atoms with E-state index >= 15 is 0 Å². The van der Waals surface area contributed by atoms with Crippen molar-refractivity contribution in [3.63, 3.8) is 0 Å². The Morgan fingerprint density at radius 1 is 1.42 bits per heavy atom. The first-order valence-electron chi connectivity index (χ1n) is 11.6. The van der Waals surface area contributed by atoms with Crippen LogP contribution in [0.4, 0.5) is 0 Å². The van der Waals surface area contributed by atoms with Crippen LogP contribution < -0.4 is 4.74 Å². The molecule has 7 heteroatoms. The van der Waals surface area contributed by atoms with E-state index in [1.165, 1.54) is 10.4 Å². The van der Waals surface area contributed by atoms with Crippen LogP contribution in [0, 0.1) is 6.92 Å². The number of amides is 1. The minimum atomic E-state index is -0.502. The third-order valence-corrected chi connectivity index (χ3v) is 6.95. The second-order valence-corrected chi connectivity index (χ2v) is 9.53. The first-order valence-corrected chi connectivity index (χ1v) is 12.4. The smallest absolute Gasteiger partial charge is 0.237 e. The third kappa shape index (κ3) is 7.40. The Bertz CT molecular complexity index is 900. The molecular weight excluding hydrogens is 436 g/mol. The van der Waals surface area contributed by atoms with E-state index in [4.69, 9.17) is 9.47 Å². The van der Waals surface area contributed by atoms with Gasteiger partial charge in [0.15, 0.2) is 0 Å². The highest BCUT2D eigenvalue weighted by Crippen LogP contribution is 2.34. The maximum atomic E-state index is 13.5. The number of hydrogen-bond donors (Lipinski definition) is 1. The van der Waals surface area contributed by atoms with Crippen LogP contribution in [0.2, 0.25) is 0 Å². The van der Waals surface area contributed by atoms with E-state index < -0.39 is 6.10 Å². The fourth-order valence-corrected chi connectivity index (χ4v) is 5.12. The molecule has 1 amide bonds. The molecule has 6 nitrogen and oxygen atoms in total. The summed E-state index contributed by atoms with van der Waals surface area (Å²) in [7, 11) is 1.65. The zero-order chi connectivity index (χ0) is 23.6. The van der Waals surface area contributed by atoms with Gasteiger partial charge < -0.3 is 19.5 Å². The molecule has 0 fully saturated rings. The average molecular weight is 473 g/mol. The molecule has 1 aromatic carbocycles. The summed E-state index contributed by atoms with van der Waals surface area (Å²) in [5.41, 5.74) is 2.32. The van der Waals surface area contributed by atoms with Crippen LogP contribution in [0.1, 0.15) is 34.9 Å². The van der Waals surface area contributed by atoms with E-state index in [1.54, 1.807) is 24.5 Å². The molecule has 0 aliphatic carbocycles. The molecule has 180 valence electrons. The normalized spacial score (nSPS) is 16.5. The van der Waals surface area contributed by atoms with Gasteiger partial charge in [0.1, 0.15) is 12.4 Å². The SMILES string of the molecule is C=CCC[C@H](O)CN(CCOC)CC(=O)N1CCc2sccc2[C@@H]1COc1cccc(C)c1. The Morgan fingerprint density at radius 3 is 3.03 bits per heavy atom. The lowest BCUT2D eigenvalue weighted by atomic mass is 10.0. The van der Waals surface area contributed by atoms with Crippen LogP contribution >= 0.6 is 11.3 Å². The van der Waals surface area contributed by atoms with Crippen molar-refractivity contribution in [3.8, 4) is 5.75 Å². The standard InChI is InChI=1S/C26H36N2O4S/c1-4-5-8-21(29)17-27(13-14-31-3)18-26(30)28-12-10-25-23(11-15-33-25)24(28)19-32-22-9-6-7-20(2)16-22/h4,6-7,9,11,15-16,21,24,29H,1,5,8,10,12-14,17-19H2,2-3H3/t21-,24-/m0/s1. The Kier molecular flexibility index (Phi) is 9.94. The van der Waals surface area contributed by atoms with Crippen LogP contribution in [0.5, 0.6) is 5.75 Å². The summed E-state index contributed by atoms with van der Waals surface area (Å²) in [6.45, 7) is 8.63. The number of thiophene rings is 1. The van der Waals surface area contributed by atoms with Crippen LogP contribution in [0.25, 0.3) is 0 Å². The molecule has 1 aliphatic heterocycles. The number of carbonyl (C=O) groups excluding carboxylic acids is 1. The Labute approximate surface area is 201 Å². The second-order valence-electron chi connectivity index (χ2n) is 8.53. The Balaban J connectivity index is 1.70. The number of aliphatic hydroxyl groups excluding tert-OH is 1. The predicted molar refractivity (Wildman–Crippen MR) is 133 cm³/mol. The molecule has 1 aromatic heterocycles. The van der Waals surface area contributed by atoms with Gasteiger partial charge in [0.2, 0.25) is 5.91 Å². The highest BCUT2D eigenvalue weighted by Gasteiger charge is 2.33. The highest BCUT2D eigenvalue weighted by molar-refractivity contribution is 7.10. The molecule has 0 spiro atoms. The van der Waals surface area contributed by atoms with E-state index in [9.17, 15) is 9.90 Å². The van der Waals surface area contributed by atoms with Crippen LogP contribution in [-0.2, 0) is 16.0 Å². The van der Waals surface area contributed by atoms with Gasteiger partial charge in [0.05, 0.1) is 25.3 Å². The molecule has 3 rings (SSSR count). The summed E-state index contributed by atoms with van der Waals surface area (Å²) in [6.07, 6.45) is 3.55. The van der Waals surface area contributed by atoms with Crippen molar-refractivity contribution in [2.24, 2.45) is 0 Å². The zero-order valence-electron chi connectivity index (χ0n) is 19.7. The van der Waals surface area contributed by atoms with E-state index in [-0.39, 0.29) is 18.5 Å². The maximum absolute atomic E-state index is 13.5. The lowest BCUT2D eigenvalue weighted by molar-refractivity contribution is -0.136. The number of allylic oxidation sites excluding steroid dienone is 1. The lowest BCUT2D eigenvalue weighted by Crippen LogP contribution is -2.48. The second kappa shape index (κ2) is 12.9. The number of rotatable bonds is 13. The van der Waals surface area contributed by atoms with E-state index in [1.807, 2.05) is 41.0 Å². The molecule has 0 saturated carbocycles. The highest BCUT2D eigenvalue weighted by atomic mass is 32.1. The number of methoxy groups -OCH3 is 1. The zero-order valence-corrected chi connectivity index (χ0v) is 20.6. The summed E-state index contributed by atoms with van der Waals surface area (Å²) in [4.78, 5) is 18.7. The molecule has 2 aromatic rings. The van der Waals surface area contributed by atoms with Crippen LogP contribution in [0.3, 0.4) is 0 Å². The van der Waals surface area contributed by atoms with E-state index in [0.717, 1.165) is 24.2 Å². The number of benzene rings is 1. The predicted octanol–water partition coefficient (Wildman–Crippen LogP) is 3.84. The number of carbonyl (C=O) groups is 1. The van der Waals surface area contributed by atoms with Gasteiger partial charge in [-0.2, -0.15) is 0 Å². The van der Waals surface area contributed by atoms with Gasteiger partial charge in [-0.15, -0.1) is 17.9 Å². The van der Waals surface area contributed by atoms with Gasteiger partial charge in [0.25, 0.3) is 0 Å². The molecule has 2 atom stereocenters. The number of fused-ring (bicyclic) bond motifs is 1. The van der Waals surface area contributed by atoms with Gasteiger partial charge in [0, 0.05) is 31.6 Å². The molecule has 33 heavy (non-hydrogen) atoms. The summed E-state index contributed by atoms with van der Waals surface area (Å²) in [5.74, 6) is 0.869. The first kappa shape index (κ1) is 25.4. The molecule has 2 heterocycles. The van der Waals surface area contributed by atoms with Crippen molar-refractivity contribution in [2.75, 3.05) is 46.5 Å². The van der Waals surface area contributed by atoms with Crippen molar-refractivity contribution < 1.29 is 19.4 Å². The monoisotopic (exact) mass is 472 g/mol. The quantitative estimate of drug-likeness (QED) is 0.449. The molecule has 0 saturated heterocycles. The number of nitrogens with zero attached hydrogens (tertiary/aromatic N) is 2. The molecule has 0 unspecified atom stereocenters. The summed E-state index contributed by atoms with van der Waals surface area (Å²) >= 11 is 1.75. The van der Waals surface area contributed by atoms with Crippen molar-refractivity contribution in [2.45, 2.75) is 38.3 Å². The van der Waals surface area contributed by atoms with Crippen molar-refractivity contribution >= 4 is 17.2 Å². The van der Waals surface area contributed by atoms with Crippen molar-refractivity contribution in [1.29, 1.82) is 0 Å². The van der Waals surface area contributed by atoms with Crippen molar-refractivity contribution in [1.82, 2.24) is 9.80 Å². The minimum absolute atomic E-state index is 0.0525. The Hall–Kier alpha value is -2.19. The third-order valence-electron chi connectivity index (χ3n) is 5.96. The average Bonchev–Trinajstić information content (AvgIpc) is 3.28. The fourth-order valence-electron chi connectivity index (χ4n) is 4.19. The molecule has 0 bridgehead atoms. The maximum Gasteiger partial charge on any atom is 0.237 e. The number of aryl methyl sites for hydroxylation is 1. The van der Waals surface area contributed by atoms with Crippen LogP contribution in [0.15, 0.2) is 48.4 Å². The first-order chi connectivity index (χ1) is 16.0. The number of hydrogen-bond acceptors (Lipinski definition) is 6. The van der Waals surface area contributed by atoms with Gasteiger partial charge in [-0.1, -0.05) is 18.2 Å². The topological polar surface area (TPSA) is 62.2 Å². The summed E-state index contributed by atoms with van der Waals surface area (Å²) < 4.78 is 11.4. The molecule has 0 radical (unpaired) electrons. The van der Waals surface area contributed by atoms with Gasteiger partial charge in [-0.25, -0.2) is 0 Å². The molecular formula is C26H36N2O4S. The van der Waals surface area contributed by atoms with Gasteiger partial charge >= 0.3 is 0 Å². The summed E-state index contributed by atoms with van der Waals surface area (Å²) in [6, 6.07) is 9.98. The molecule has 1 N–H and O–H groups in total. The Morgan fingerprint density at radius 2 is 2.27 bits per heavy atom. The number of ether oxygens (including phenoxy) is 2. The van der Waals surface area contributed by atoms with Crippen molar-refractivity contribution in [3.05, 3.63) is 64.4 Å². The fraction of sp³-hybridized carbons (Fsp3) is 0.500.